The van der Waals surface area contributed by atoms with Crippen LogP contribution >= 0.6 is 0 Å². The van der Waals surface area contributed by atoms with E-state index in [0.29, 0.717) is 63.1 Å². The second-order valence-corrected chi connectivity index (χ2v) is 11.8. The fraction of sp³-hybridized carbons (Fsp3) is 0.241. The zero-order valence-electron chi connectivity index (χ0n) is 22.6. The second-order valence-electron chi connectivity index (χ2n) is 9.92. The van der Waals surface area contributed by atoms with Crippen molar-refractivity contribution in [2.24, 2.45) is 0 Å². The SMILES string of the molecule is CCN1c2ncc(CCOc3cccc4c3CS(=O)(=O)N4Cc3cc[n+]([O-])cc3)cc2C(=O)Nc2c(C)ccnc21. The van der Waals surface area contributed by atoms with E-state index < -0.39 is 10.0 Å². The first-order valence-corrected chi connectivity index (χ1v) is 14.8. The Morgan fingerprint density at radius 1 is 1.10 bits per heavy atom. The number of nitrogens with one attached hydrogen (secondary N) is 1. The van der Waals surface area contributed by atoms with Crippen molar-refractivity contribution in [1.82, 2.24) is 9.97 Å². The molecule has 41 heavy (non-hydrogen) atoms. The molecule has 0 atom stereocenters. The molecule has 0 saturated carbocycles. The molecule has 210 valence electrons. The summed E-state index contributed by atoms with van der Waals surface area (Å²) in [6, 6.07) is 12.2. The number of carbonyl (C=O) groups excluding carboxylic acids is 1. The van der Waals surface area contributed by atoms with Crippen LogP contribution in [0.4, 0.5) is 23.0 Å². The molecule has 6 rings (SSSR count). The first-order valence-electron chi connectivity index (χ1n) is 13.2. The van der Waals surface area contributed by atoms with Crippen LogP contribution in [0.2, 0.25) is 0 Å². The number of fused-ring (bicyclic) bond motifs is 3. The number of nitrogens with zero attached hydrogens (tertiary/aromatic N) is 5. The summed E-state index contributed by atoms with van der Waals surface area (Å²) in [7, 11) is -3.60. The molecule has 12 heteroatoms. The first kappa shape index (κ1) is 26.5. The number of sulfonamides is 1. The highest BCUT2D eigenvalue weighted by atomic mass is 32.2. The first-order chi connectivity index (χ1) is 19.7. The van der Waals surface area contributed by atoms with Gasteiger partial charge in [-0.15, -0.1) is 0 Å². The Balaban J connectivity index is 1.20. The third-order valence-corrected chi connectivity index (χ3v) is 8.91. The van der Waals surface area contributed by atoms with Crippen molar-refractivity contribution < 1.29 is 22.7 Å². The van der Waals surface area contributed by atoms with Gasteiger partial charge in [-0.1, -0.05) is 6.07 Å². The number of aryl methyl sites for hydroxylation is 1. The molecule has 0 bridgehead atoms. The topological polar surface area (TPSA) is 132 Å². The molecule has 0 aliphatic carbocycles. The summed E-state index contributed by atoms with van der Waals surface area (Å²) in [6.07, 6.45) is 6.59. The van der Waals surface area contributed by atoms with Crippen molar-refractivity contribution in [1.29, 1.82) is 0 Å². The van der Waals surface area contributed by atoms with Gasteiger partial charge < -0.3 is 20.2 Å². The van der Waals surface area contributed by atoms with Crippen molar-refractivity contribution in [3.63, 3.8) is 0 Å². The number of carbonyl (C=O) groups is 1. The summed E-state index contributed by atoms with van der Waals surface area (Å²) in [5, 5.41) is 14.3. The summed E-state index contributed by atoms with van der Waals surface area (Å²) in [5.41, 5.74) is 4.72. The highest BCUT2D eigenvalue weighted by Gasteiger charge is 2.35. The molecule has 1 N–H and O–H groups in total. The van der Waals surface area contributed by atoms with E-state index in [1.807, 2.05) is 30.9 Å². The Labute approximate surface area is 237 Å². The lowest BCUT2D eigenvalue weighted by atomic mass is 10.1. The van der Waals surface area contributed by atoms with Crippen LogP contribution in [-0.4, -0.2) is 37.4 Å². The third-order valence-electron chi connectivity index (χ3n) is 7.26. The average molecular weight is 573 g/mol. The van der Waals surface area contributed by atoms with Crippen LogP contribution in [0.25, 0.3) is 0 Å². The van der Waals surface area contributed by atoms with Gasteiger partial charge in [0.05, 0.1) is 30.1 Å². The van der Waals surface area contributed by atoms with E-state index in [1.165, 1.54) is 16.7 Å². The maximum Gasteiger partial charge on any atom is 0.259 e. The molecule has 11 nitrogen and oxygen atoms in total. The summed E-state index contributed by atoms with van der Waals surface area (Å²) >= 11 is 0. The van der Waals surface area contributed by atoms with Gasteiger partial charge in [0.15, 0.2) is 18.2 Å². The highest BCUT2D eigenvalue weighted by Crippen LogP contribution is 2.40. The van der Waals surface area contributed by atoms with Gasteiger partial charge >= 0.3 is 0 Å². The van der Waals surface area contributed by atoms with Crippen LogP contribution in [0.5, 0.6) is 5.75 Å². The lowest BCUT2D eigenvalue weighted by Crippen LogP contribution is -2.28. The molecule has 0 unspecified atom stereocenters. The molecule has 4 aromatic rings. The summed E-state index contributed by atoms with van der Waals surface area (Å²) in [4.78, 5) is 24.2. The van der Waals surface area contributed by atoms with Crippen LogP contribution < -0.4 is 24.0 Å². The van der Waals surface area contributed by atoms with Crippen LogP contribution in [0, 0.1) is 12.1 Å². The molecule has 3 aromatic heterocycles. The minimum absolute atomic E-state index is 0.121. The van der Waals surface area contributed by atoms with Crippen LogP contribution in [0.1, 0.15) is 39.5 Å². The smallest absolute Gasteiger partial charge is 0.259 e. The maximum absolute atomic E-state index is 13.2. The number of hydrogen-bond acceptors (Lipinski definition) is 8. The van der Waals surface area contributed by atoms with Gasteiger partial charge in [0, 0.05) is 43.1 Å². The van der Waals surface area contributed by atoms with E-state index in [2.05, 4.69) is 15.3 Å². The van der Waals surface area contributed by atoms with E-state index >= 15 is 0 Å². The number of aromatic nitrogens is 3. The van der Waals surface area contributed by atoms with Crippen molar-refractivity contribution in [3.8, 4) is 5.75 Å². The Hall–Kier alpha value is -4.71. The van der Waals surface area contributed by atoms with Gasteiger partial charge in [-0.05, 0) is 54.8 Å². The van der Waals surface area contributed by atoms with Crippen LogP contribution in [0.15, 0.2) is 67.3 Å². The number of benzene rings is 1. The van der Waals surface area contributed by atoms with Crippen LogP contribution in [-0.2, 0) is 28.7 Å². The third kappa shape index (κ3) is 4.91. The molecular weight excluding hydrogens is 544 g/mol. The van der Waals surface area contributed by atoms with E-state index in [9.17, 15) is 18.4 Å². The fourth-order valence-electron chi connectivity index (χ4n) is 5.16. The summed E-state index contributed by atoms with van der Waals surface area (Å²) in [6.45, 7) is 4.88. The molecule has 0 spiro atoms. The van der Waals surface area contributed by atoms with Crippen molar-refractivity contribution in [2.45, 2.75) is 32.6 Å². The van der Waals surface area contributed by atoms with E-state index in [4.69, 9.17) is 4.74 Å². The quantitative estimate of drug-likeness (QED) is 0.262. The predicted molar refractivity (Wildman–Crippen MR) is 154 cm³/mol. The standard InChI is InChI=1S/C29H28N6O5S/c1-3-34-27-22(29(36)32-26-19(2)7-11-30-28(26)34)15-21(16-31-27)10-14-40-25-6-4-5-24-23(25)18-41(38,39)35(24)17-20-8-12-33(37)13-9-20/h4-9,11-13,15-16H,3,10,14,17-18H2,1-2H3,(H,32,36). The Morgan fingerprint density at radius 3 is 2.68 bits per heavy atom. The molecule has 2 aliphatic heterocycles. The van der Waals surface area contributed by atoms with Crippen molar-refractivity contribution in [2.75, 3.05) is 27.7 Å². The minimum Gasteiger partial charge on any atom is -0.619 e. The number of hydrogen-bond donors (Lipinski definition) is 1. The Bertz CT molecular complexity index is 1760. The van der Waals surface area contributed by atoms with Gasteiger partial charge in [0.25, 0.3) is 5.91 Å². The molecule has 5 heterocycles. The maximum atomic E-state index is 13.2. The lowest BCUT2D eigenvalue weighted by molar-refractivity contribution is -0.605. The number of pyridine rings is 3. The van der Waals surface area contributed by atoms with Crippen molar-refractivity contribution >= 4 is 38.9 Å². The van der Waals surface area contributed by atoms with E-state index in [0.717, 1.165) is 11.1 Å². The minimum atomic E-state index is -3.60. The molecular formula is C29H28N6O5S. The van der Waals surface area contributed by atoms with Gasteiger partial charge in [-0.3, -0.25) is 9.10 Å². The van der Waals surface area contributed by atoms with Gasteiger partial charge in [0.1, 0.15) is 17.3 Å². The van der Waals surface area contributed by atoms with Gasteiger partial charge in [-0.2, -0.15) is 4.73 Å². The molecule has 1 amide bonds. The van der Waals surface area contributed by atoms with E-state index in [1.54, 1.807) is 42.7 Å². The largest absolute Gasteiger partial charge is 0.619 e. The summed E-state index contributed by atoms with van der Waals surface area (Å²) < 4.78 is 34.2. The zero-order valence-corrected chi connectivity index (χ0v) is 23.4. The number of amides is 1. The Morgan fingerprint density at radius 2 is 1.90 bits per heavy atom. The summed E-state index contributed by atoms with van der Waals surface area (Å²) in [5.74, 6) is 1.27. The predicted octanol–water partition coefficient (Wildman–Crippen LogP) is 3.61. The molecule has 0 fully saturated rings. The van der Waals surface area contributed by atoms with Gasteiger partial charge in [-0.25, -0.2) is 18.4 Å². The fourth-order valence-corrected chi connectivity index (χ4v) is 6.79. The number of rotatable bonds is 7. The number of ether oxygens (including phenoxy) is 1. The normalized spacial score (nSPS) is 15.0. The second kappa shape index (κ2) is 10.4. The molecule has 0 radical (unpaired) electrons. The molecule has 2 aliphatic rings. The number of anilines is 4. The van der Waals surface area contributed by atoms with Crippen LogP contribution in [0.3, 0.4) is 0 Å². The molecule has 0 saturated heterocycles. The Kier molecular flexibility index (Phi) is 6.70. The lowest BCUT2D eigenvalue weighted by Gasteiger charge is -2.22. The zero-order chi connectivity index (χ0) is 28.7. The molecule has 1 aromatic carbocycles. The van der Waals surface area contributed by atoms with E-state index in [-0.39, 0.29) is 24.8 Å². The van der Waals surface area contributed by atoms with Gasteiger partial charge in [0.2, 0.25) is 10.0 Å². The van der Waals surface area contributed by atoms with Crippen molar-refractivity contribution in [3.05, 3.63) is 100 Å². The average Bonchev–Trinajstić information content (AvgIpc) is 3.14. The highest BCUT2D eigenvalue weighted by molar-refractivity contribution is 7.92. The monoisotopic (exact) mass is 572 g/mol.